The number of carbonyl (C=O) groups excluding carboxylic acids is 1. The number of hydrogen-bond acceptors (Lipinski definition) is 2. The summed E-state index contributed by atoms with van der Waals surface area (Å²) in [6.45, 7) is 2.91. The lowest BCUT2D eigenvalue weighted by atomic mass is 10.3. The lowest BCUT2D eigenvalue weighted by molar-refractivity contribution is -0.113. The SMILES string of the molecule is CC1(NCC=CC(N)=O)CC1. The topological polar surface area (TPSA) is 55.1 Å². The molecule has 62 valence electrons. The minimum atomic E-state index is -0.382. The molecule has 0 bridgehead atoms. The van der Waals surface area contributed by atoms with Crippen molar-refractivity contribution in [2.45, 2.75) is 25.3 Å². The first-order chi connectivity index (χ1) is 5.12. The van der Waals surface area contributed by atoms with Crippen LogP contribution < -0.4 is 11.1 Å². The molecule has 0 spiro atoms. The standard InChI is InChI=1S/C8H14N2O/c1-8(4-5-8)10-6-2-3-7(9)11/h2-3,10H,4-6H2,1H3,(H2,9,11). The molecule has 1 amide bonds. The number of nitrogens with two attached hydrogens (primary N) is 1. The summed E-state index contributed by atoms with van der Waals surface area (Å²) in [6.07, 6.45) is 5.61. The van der Waals surface area contributed by atoms with Crippen molar-refractivity contribution in [2.75, 3.05) is 6.54 Å². The number of nitrogens with one attached hydrogen (secondary N) is 1. The Hall–Kier alpha value is -0.830. The van der Waals surface area contributed by atoms with Crippen LogP contribution in [0.5, 0.6) is 0 Å². The van der Waals surface area contributed by atoms with E-state index >= 15 is 0 Å². The van der Waals surface area contributed by atoms with Gasteiger partial charge in [-0.2, -0.15) is 0 Å². The van der Waals surface area contributed by atoms with E-state index in [0.717, 1.165) is 6.54 Å². The normalized spacial score (nSPS) is 20.5. The first-order valence-electron chi connectivity index (χ1n) is 3.83. The van der Waals surface area contributed by atoms with Gasteiger partial charge in [0.1, 0.15) is 0 Å². The summed E-state index contributed by atoms with van der Waals surface area (Å²) in [4.78, 5) is 10.2. The van der Waals surface area contributed by atoms with Gasteiger partial charge in [-0.1, -0.05) is 6.08 Å². The predicted octanol–water partition coefficient (Wildman–Crippen LogP) is 0.170. The quantitative estimate of drug-likeness (QED) is 0.567. The molecule has 0 aromatic rings. The summed E-state index contributed by atoms with van der Waals surface area (Å²) in [7, 11) is 0. The molecule has 3 N–H and O–H groups in total. The van der Waals surface area contributed by atoms with Gasteiger partial charge >= 0.3 is 0 Å². The minimum Gasteiger partial charge on any atom is -0.366 e. The van der Waals surface area contributed by atoms with Crippen LogP contribution in [0.15, 0.2) is 12.2 Å². The predicted molar refractivity (Wildman–Crippen MR) is 44.0 cm³/mol. The molecule has 11 heavy (non-hydrogen) atoms. The summed E-state index contributed by atoms with van der Waals surface area (Å²) in [6, 6.07) is 0. The monoisotopic (exact) mass is 154 g/mol. The molecular weight excluding hydrogens is 140 g/mol. The third kappa shape index (κ3) is 3.18. The van der Waals surface area contributed by atoms with E-state index in [-0.39, 0.29) is 5.91 Å². The Labute approximate surface area is 66.6 Å². The van der Waals surface area contributed by atoms with Crippen LogP contribution in [-0.4, -0.2) is 18.0 Å². The Morgan fingerprint density at radius 1 is 1.73 bits per heavy atom. The van der Waals surface area contributed by atoms with Crippen LogP contribution in [0.3, 0.4) is 0 Å². The summed E-state index contributed by atoms with van der Waals surface area (Å²) in [5.74, 6) is -0.382. The molecule has 3 nitrogen and oxygen atoms in total. The molecule has 0 heterocycles. The van der Waals surface area contributed by atoms with E-state index in [4.69, 9.17) is 5.73 Å². The van der Waals surface area contributed by atoms with E-state index < -0.39 is 0 Å². The van der Waals surface area contributed by atoms with E-state index in [0.29, 0.717) is 5.54 Å². The van der Waals surface area contributed by atoms with Crippen LogP contribution in [0.25, 0.3) is 0 Å². The Morgan fingerprint density at radius 3 is 2.82 bits per heavy atom. The molecule has 1 aliphatic rings. The maximum absolute atomic E-state index is 10.2. The van der Waals surface area contributed by atoms with Gasteiger partial charge in [0.2, 0.25) is 5.91 Å². The van der Waals surface area contributed by atoms with Crippen LogP contribution in [0.2, 0.25) is 0 Å². The maximum atomic E-state index is 10.2. The Morgan fingerprint density at radius 2 is 2.36 bits per heavy atom. The van der Waals surface area contributed by atoms with Crippen LogP contribution in [0, 0.1) is 0 Å². The second kappa shape index (κ2) is 3.05. The number of carbonyl (C=O) groups is 1. The van der Waals surface area contributed by atoms with Gasteiger partial charge < -0.3 is 11.1 Å². The number of primary amides is 1. The van der Waals surface area contributed by atoms with Crippen LogP contribution >= 0.6 is 0 Å². The highest BCUT2D eigenvalue weighted by atomic mass is 16.1. The lowest BCUT2D eigenvalue weighted by Crippen LogP contribution is -2.27. The first-order valence-corrected chi connectivity index (χ1v) is 3.83. The molecule has 0 atom stereocenters. The van der Waals surface area contributed by atoms with Crippen molar-refractivity contribution >= 4 is 5.91 Å². The highest BCUT2D eigenvalue weighted by molar-refractivity contribution is 5.85. The molecule has 1 aliphatic carbocycles. The minimum absolute atomic E-state index is 0.335. The lowest BCUT2D eigenvalue weighted by Gasteiger charge is -2.07. The fourth-order valence-corrected chi connectivity index (χ4v) is 0.845. The van der Waals surface area contributed by atoms with Gasteiger partial charge in [0.25, 0.3) is 0 Å². The molecule has 0 radical (unpaired) electrons. The second-order valence-corrected chi connectivity index (χ2v) is 3.25. The van der Waals surface area contributed by atoms with Gasteiger partial charge in [0.15, 0.2) is 0 Å². The van der Waals surface area contributed by atoms with E-state index in [1.807, 2.05) is 0 Å². The third-order valence-corrected chi connectivity index (χ3v) is 1.93. The molecule has 0 unspecified atom stereocenters. The van der Waals surface area contributed by atoms with E-state index in [2.05, 4.69) is 12.2 Å². The number of amides is 1. The van der Waals surface area contributed by atoms with Crippen LogP contribution in [-0.2, 0) is 4.79 Å². The summed E-state index contributed by atoms with van der Waals surface area (Å²) in [5.41, 5.74) is 5.24. The molecule has 0 saturated heterocycles. The van der Waals surface area contributed by atoms with Crippen LogP contribution in [0.1, 0.15) is 19.8 Å². The summed E-state index contributed by atoms with van der Waals surface area (Å²) in [5, 5.41) is 3.29. The average Bonchev–Trinajstić information content (AvgIpc) is 2.62. The van der Waals surface area contributed by atoms with Gasteiger partial charge in [-0.05, 0) is 25.8 Å². The largest absolute Gasteiger partial charge is 0.366 e. The van der Waals surface area contributed by atoms with Crippen molar-refractivity contribution in [1.29, 1.82) is 0 Å². The zero-order valence-electron chi connectivity index (χ0n) is 6.76. The second-order valence-electron chi connectivity index (χ2n) is 3.25. The smallest absolute Gasteiger partial charge is 0.241 e. The molecular formula is C8H14N2O. The fraction of sp³-hybridized carbons (Fsp3) is 0.625. The van der Waals surface area contributed by atoms with Crippen molar-refractivity contribution < 1.29 is 4.79 Å². The van der Waals surface area contributed by atoms with Crippen molar-refractivity contribution in [3.05, 3.63) is 12.2 Å². The van der Waals surface area contributed by atoms with Crippen molar-refractivity contribution in [1.82, 2.24) is 5.32 Å². The molecule has 0 aliphatic heterocycles. The highest BCUT2D eigenvalue weighted by Gasteiger charge is 2.35. The van der Waals surface area contributed by atoms with Gasteiger partial charge in [0, 0.05) is 12.1 Å². The third-order valence-electron chi connectivity index (χ3n) is 1.93. The highest BCUT2D eigenvalue weighted by Crippen LogP contribution is 2.33. The Bertz CT molecular complexity index is 183. The zero-order valence-corrected chi connectivity index (χ0v) is 6.76. The average molecular weight is 154 g/mol. The van der Waals surface area contributed by atoms with Gasteiger partial charge in [-0.3, -0.25) is 4.79 Å². The van der Waals surface area contributed by atoms with E-state index in [1.165, 1.54) is 18.9 Å². The van der Waals surface area contributed by atoms with E-state index in [1.54, 1.807) is 6.08 Å². The van der Waals surface area contributed by atoms with Crippen molar-refractivity contribution in [3.8, 4) is 0 Å². The first kappa shape index (κ1) is 8.27. The Kier molecular flexibility index (Phi) is 2.29. The molecule has 0 aromatic heterocycles. The fourth-order valence-electron chi connectivity index (χ4n) is 0.845. The number of hydrogen-bond donors (Lipinski definition) is 2. The van der Waals surface area contributed by atoms with Crippen molar-refractivity contribution in [3.63, 3.8) is 0 Å². The maximum Gasteiger partial charge on any atom is 0.241 e. The molecule has 1 rings (SSSR count). The Balaban J connectivity index is 2.08. The summed E-state index contributed by atoms with van der Waals surface area (Å²) >= 11 is 0. The van der Waals surface area contributed by atoms with Gasteiger partial charge in [0.05, 0.1) is 0 Å². The van der Waals surface area contributed by atoms with Gasteiger partial charge in [-0.25, -0.2) is 0 Å². The summed E-state index contributed by atoms with van der Waals surface area (Å²) < 4.78 is 0. The molecule has 3 heteroatoms. The van der Waals surface area contributed by atoms with E-state index in [9.17, 15) is 4.79 Å². The van der Waals surface area contributed by atoms with Crippen molar-refractivity contribution in [2.24, 2.45) is 5.73 Å². The molecule has 1 fully saturated rings. The van der Waals surface area contributed by atoms with Gasteiger partial charge in [-0.15, -0.1) is 0 Å². The van der Waals surface area contributed by atoms with Crippen LogP contribution in [0.4, 0.5) is 0 Å². The zero-order chi connectivity index (χ0) is 8.32. The molecule has 1 saturated carbocycles. The number of rotatable bonds is 4. The molecule has 0 aromatic carbocycles.